The molecule has 22 heavy (non-hydrogen) atoms. The van der Waals surface area contributed by atoms with E-state index in [0.717, 1.165) is 37.4 Å². The summed E-state index contributed by atoms with van der Waals surface area (Å²) in [5.41, 5.74) is 5.12. The fraction of sp³-hybridized carbons (Fsp3) is 0.263. The highest BCUT2D eigenvalue weighted by molar-refractivity contribution is 5.87. The highest BCUT2D eigenvalue weighted by Gasteiger charge is 2.13. The van der Waals surface area contributed by atoms with E-state index >= 15 is 0 Å². The summed E-state index contributed by atoms with van der Waals surface area (Å²) in [5.74, 6) is 0.923. The van der Waals surface area contributed by atoms with E-state index in [4.69, 9.17) is 4.74 Å². The number of nitrogens with zero attached hydrogens (tertiary/aromatic N) is 1. The van der Waals surface area contributed by atoms with E-state index in [0.29, 0.717) is 0 Å². The molecule has 1 aromatic heterocycles. The minimum absolute atomic E-state index is 0.923. The van der Waals surface area contributed by atoms with Gasteiger partial charge in [-0.1, -0.05) is 24.3 Å². The average molecular weight is 292 g/mol. The molecule has 0 saturated carbocycles. The van der Waals surface area contributed by atoms with E-state index in [-0.39, 0.29) is 0 Å². The van der Waals surface area contributed by atoms with Gasteiger partial charge < -0.3 is 14.6 Å². The summed E-state index contributed by atoms with van der Waals surface area (Å²) in [5, 5.41) is 4.78. The number of rotatable bonds is 2. The third kappa shape index (κ3) is 2.18. The number of para-hydroxylation sites is 1. The minimum atomic E-state index is 0.923. The van der Waals surface area contributed by atoms with Crippen LogP contribution in [0.3, 0.4) is 0 Å². The van der Waals surface area contributed by atoms with Crippen LogP contribution in [0.4, 0.5) is 0 Å². The van der Waals surface area contributed by atoms with Gasteiger partial charge in [0.2, 0.25) is 0 Å². The first-order chi connectivity index (χ1) is 10.9. The Hall–Kier alpha value is -2.26. The highest BCUT2D eigenvalue weighted by atomic mass is 16.5. The first kappa shape index (κ1) is 13.4. The maximum Gasteiger partial charge on any atom is 0.126 e. The van der Waals surface area contributed by atoms with Crippen molar-refractivity contribution in [2.75, 3.05) is 20.2 Å². The van der Waals surface area contributed by atoms with Crippen molar-refractivity contribution < 1.29 is 4.74 Å². The number of benzene rings is 2. The zero-order valence-corrected chi connectivity index (χ0v) is 12.8. The van der Waals surface area contributed by atoms with Crippen LogP contribution in [0.5, 0.6) is 5.75 Å². The molecular formula is C19H20N2O. The summed E-state index contributed by atoms with van der Waals surface area (Å²) in [6.45, 7) is 3.16. The SMILES string of the molecule is COc1ccccc1-c1ccc2c(c1)cc1n2CCNCC1. The molecule has 0 amide bonds. The molecule has 2 aromatic carbocycles. The van der Waals surface area contributed by atoms with E-state index in [1.165, 1.54) is 22.2 Å². The van der Waals surface area contributed by atoms with Gasteiger partial charge in [-0.05, 0) is 29.8 Å². The molecule has 0 aliphatic carbocycles. The lowest BCUT2D eigenvalue weighted by Gasteiger charge is -2.09. The quantitative estimate of drug-likeness (QED) is 0.783. The van der Waals surface area contributed by atoms with Gasteiger partial charge in [0.15, 0.2) is 0 Å². The van der Waals surface area contributed by atoms with Crippen molar-refractivity contribution >= 4 is 10.9 Å². The van der Waals surface area contributed by atoms with E-state index in [1.54, 1.807) is 7.11 Å². The number of nitrogens with one attached hydrogen (secondary N) is 1. The van der Waals surface area contributed by atoms with E-state index in [9.17, 15) is 0 Å². The number of ether oxygens (including phenoxy) is 1. The second-order valence-corrected chi connectivity index (χ2v) is 5.76. The monoisotopic (exact) mass is 292 g/mol. The van der Waals surface area contributed by atoms with Crippen molar-refractivity contribution in [2.24, 2.45) is 0 Å². The van der Waals surface area contributed by atoms with Gasteiger partial charge in [-0.25, -0.2) is 0 Å². The maximum absolute atomic E-state index is 5.50. The highest BCUT2D eigenvalue weighted by Crippen LogP contribution is 2.32. The fourth-order valence-electron chi connectivity index (χ4n) is 3.38. The van der Waals surface area contributed by atoms with Gasteiger partial charge >= 0.3 is 0 Å². The molecule has 1 N–H and O–H groups in total. The Morgan fingerprint density at radius 1 is 1.05 bits per heavy atom. The number of fused-ring (bicyclic) bond motifs is 3. The van der Waals surface area contributed by atoms with Crippen LogP contribution in [0.1, 0.15) is 5.69 Å². The van der Waals surface area contributed by atoms with Gasteiger partial charge in [0, 0.05) is 48.2 Å². The Morgan fingerprint density at radius 3 is 2.86 bits per heavy atom. The first-order valence-corrected chi connectivity index (χ1v) is 7.83. The number of hydrogen-bond acceptors (Lipinski definition) is 2. The predicted octanol–water partition coefficient (Wildman–Crippen LogP) is 3.46. The van der Waals surface area contributed by atoms with E-state index in [2.05, 4.69) is 46.3 Å². The average Bonchev–Trinajstić information content (AvgIpc) is 2.75. The Bertz CT molecular complexity index is 819. The largest absolute Gasteiger partial charge is 0.496 e. The van der Waals surface area contributed by atoms with Crippen LogP contribution in [0, 0.1) is 0 Å². The summed E-state index contributed by atoms with van der Waals surface area (Å²) in [4.78, 5) is 0. The maximum atomic E-state index is 5.50. The molecule has 2 heterocycles. The molecule has 0 atom stereocenters. The fourth-order valence-corrected chi connectivity index (χ4v) is 3.38. The van der Waals surface area contributed by atoms with Crippen molar-refractivity contribution in [3.63, 3.8) is 0 Å². The molecule has 0 unspecified atom stereocenters. The van der Waals surface area contributed by atoms with E-state index in [1.807, 2.05) is 12.1 Å². The van der Waals surface area contributed by atoms with Crippen LogP contribution in [0.25, 0.3) is 22.0 Å². The van der Waals surface area contributed by atoms with Crippen LogP contribution in [0.15, 0.2) is 48.5 Å². The van der Waals surface area contributed by atoms with Crippen molar-refractivity contribution in [1.82, 2.24) is 9.88 Å². The molecule has 0 saturated heterocycles. The molecule has 0 spiro atoms. The molecule has 3 aromatic rings. The zero-order valence-electron chi connectivity index (χ0n) is 12.8. The zero-order chi connectivity index (χ0) is 14.9. The van der Waals surface area contributed by atoms with Gasteiger partial charge in [0.1, 0.15) is 5.75 Å². The summed E-state index contributed by atoms with van der Waals surface area (Å²) in [7, 11) is 1.73. The van der Waals surface area contributed by atoms with Crippen molar-refractivity contribution in [3.8, 4) is 16.9 Å². The molecule has 1 aliphatic heterocycles. The van der Waals surface area contributed by atoms with Gasteiger partial charge in [0.05, 0.1) is 7.11 Å². The molecule has 0 fully saturated rings. The third-order valence-electron chi connectivity index (χ3n) is 4.48. The van der Waals surface area contributed by atoms with Gasteiger partial charge in [-0.15, -0.1) is 0 Å². The Balaban J connectivity index is 1.85. The standard InChI is InChI=1S/C19H20N2O/c1-22-19-5-3-2-4-17(19)14-6-7-18-15(12-14)13-16-8-9-20-10-11-21(16)18/h2-7,12-13,20H,8-11H2,1H3. The first-order valence-electron chi connectivity index (χ1n) is 7.83. The van der Waals surface area contributed by atoms with E-state index < -0.39 is 0 Å². The number of aromatic nitrogens is 1. The molecule has 0 radical (unpaired) electrons. The second kappa shape index (κ2) is 5.50. The lowest BCUT2D eigenvalue weighted by atomic mass is 10.0. The lowest BCUT2D eigenvalue weighted by Crippen LogP contribution is -2.17. The van der Waals surface area contributed by atoms with Crippen molar-refractivity contribution in [2.45, 2.75) is 13.0 Å². The number of methoxy groups -OCH3 is 1. The summed E-state index contributed by atoms with van der Waals surface area (Å²) in [6, 6.07) is 17.3. The Morgan fingerprint density at radius 2 is 1.95 bits per heavy atom. The predicted molar refractivity (Wildman–Crippen MR) is 90.5 cm³/mol. The van der Waals surface area contributed by atoms with Crippen LogP contribution < -0.4 is 10.1 Å². The second-order valence-electron chi connectivity index (χ2n) is 5.76. The van der Waals surface area contributed by atoms with Crippen LogP contribution in [-0.2, 0) is 13.0 Å². The Kier molecular flexibility index (Phi) is 3.35. The molecular weight excluding hydrogens is 272 g/mol. The van der Waals surface area contributed by atoms with Gasteiger partial charge in [-0.3, -0.25) is 0 Å². The summed E-state index contributed by atoms with van der Waals surface area (Å²) < 4.78 is 7.94. The lowest BCUT2D eigenvalue weighted by molar-refractivity contribution is 0.416. The molecule has 4 rings (SSSR count). The van der Waals surface area contributed by atoms with Crippen molar-refractivity contribution in [1.29, 1.82) is 0 Å². The Labute approximate surface area is 130 Å². The molecule has 1 aliphatic rings. The molecule has 0 bridgehead atoms. The normalized spacial score (nSPS) is 14.6. The molecule has 112 valence electrons. The van der Waals surface area contributed by atoms with Gasteiger partial charge in [-0.2, -0.15) is 0 Å². The smallest absolute Gasteiger partial charge is 0.126 e. The number of hydrogen-bond donors (Lipinski definition) is 1. The molecule has 3 nitrogen and oxygen atoms in total. The molecule has 3 heteroatoms. The van der Waals surface area contributed by atoms with Crippen molar-refractivity contribution in [3.05, 3.63) is 54.2 Å². The van der Waals surface area contributed by atoms with Crippen LogP contribution >= 0.6 is 0 Å². The summed E-state index contributed by atoms with van der Waals surface area (Å²) in [6.07, 6.45) is 1.10. The van der Waals surface area contributed by atoms with Gasteiger partial charge in [0.25, 0.3) is 0 Å². The minimum Gasteiger partial charge on any atom is -0.496 e. The van der Waals surface area contributed by atoms with Crippen LogP contribution in [0.2, 0.25) is 0 Å². The topological polar surface area (TPSA) is 26.2 Å². The van der Waals surface area contributed by atoms with Crippen LogP contribution in [-0.4, -0.2) is 24.8 Å². The summed E-state index contributed by atoms with van der Waals surface area (Å²) >= 11 is 0. The third-order valence-corrected chi connectivity index (χ3v) is 4.48.